The number of thioether (sulfide) groups is 1. The van der Waals surface area contributed by atoms with Crippen molar-refractivity contribution in [2.45, 2.75) is 47.6 Å². The number of fused-ring (bicyclic) bond motifs is 1. The van der Waals surface area contributed by atoms with E-state index in [1.807, 2.05) is 12.1 Å². The number of nitrogens with zero attached hydrogens (tertiary/aromatic N) is 1. The molecule has 2 amide bonds. The maximum atomic E-state index is 12.8. The van der Waals surface area contributed by atoms with Crippen molar-refractivity contribution < 1.29 is 18.0 Å². The highest BCUT2D eigenvalue weighted by atomic mass is 32.2. The second kappa shape index (κ2) is 8.55. The van der Waals surface area contributed by atoms with E-state index in [0.29, 0.717) is 35.3 Å². The van der Waals surface area contributed by atoms with Crippen LogP contribution in [0.1, 0.15) is 38.2 Å². The van der Waals surface area contributed by atoms with Crippen LogP contribution in [0.3, 0.4) is 0 Å². The summed E-state index contributed by atoms with van der Waals surface area (Å²) in [4.78, 5) is 27.6. The van der Waals surface area contributed by atoms with Gasteiger partial charge in [0.15, 0.2) is 5.25 Å². The van der Waals surface area contributed by atoms with Crippen LogP contribution >= 0.6 is 11.8 Å². The van der Waals surface area contributed by atoms with Crippen LogP contribution in [0.25, 0.3) is 0 Å². The van der Waals surface area contributed by atoms with Gasteiger partial charge in [-0.15, -0.1) is 11.8 Å². The fourth-order valence-corrected chi connectivity index (χ4v) is 5.81. The number of hydrogen-bond acceptors (Lipinski definition) is 5. The van der Waals surface area contributed by atoms with Crippen LogP contribution in [0.5, 0.6) is 0 Å². The molecule has 31 heavy (non-hydrogen) atoms. The molecule has 0 saturated carbocycles. The number of amides is 2. The van der Waals surface area contributed by atoms with Gasteiger partial charge in [0.1, 0.15) is 0 Å². The van der Waals surface area contributed by atoms with Gasteiger partial charge in [-0.05, 0) is 54.7 Å². The first-order chi connectivity index (χ1) is 14.7. The average Bonchev–Trinajstić information content (AvgIpc) is 3.27. The molecule has 2 aromatic rings. The zero-order chi connectivity index (χ0) is 22.2. The number of carbonyl (C=O) groups is 2. The van der Waals surface area contributed by atoms with E-state index < -0.39 is 21.2 Å². The van der Waals surface area contributed by atoms with Crippen LogP contribution < -0.4 is 10.0 Å². The summed E-state index contributed by atoms with van der Waals surface area (Å²) >= 11 is 1.17. The maximum absolute atomic E-state index is 12.8. The number of sulfonamides is 1. The van der Waals surface area contributed by atoms with Gasteiger partial charge < -0.3 is 10.2 Å². The molecule has 0 spiro atoms. The second-order valence-corrected chi connectivity index (χ2v) is 10.9. The molecule has 4 rings (SSSR count). The van der Waals surface area contributed by atoms with Gasteiger partial charge in [0, 0.05) is 23.7 Å². The van der Waals surface area contributed by atoms with Crippen LogP contribution in [0, 0.1) is 0 Å². The minimum absolute atomic E-state index is 0.0457. The highest BCUT2D eigenvalue weighted by molar-refractivity contribution is 8.01. The van der Waals surface area contributed by atoms with E-state index in [0.717, 1.165) is 18.4 Å². The van der Waals surface area contributed by atoms with E-state index in [1.165, 1.54) is 23.9 Å². The third-order valence-electron chi connectivity index (χ3n) is 5.47. The number of likely N-dealkylation sites (tertiary alicyclic amines) is 1. The Morgan fingerprint density at radius 2 is 1.81 bits per heavy atom. The predicted molar refractivity (Wildman–Crippen MR) is 122 cm³/mol. The number of rotatable bonds is 5. The zero-order valence-corrected chi connectivity index (χ0v) is 19.1. The summed E-state index contributed by atoms with van der Waals surface area (Å²) in [7, 11) is -3.83. The number of nitrogens with one attached hydrogen (secondary N) is 2. The Morgan fingerprint density at radius 1 is 1.13 bits per heavy atom. The van der Waals surface area contributed by atoms with Crippen LogP contribution in [0.15, 0.2) is 52.3 Å². The maximum Gasteiger partial charge on any atom is 0.261 e. The Labute approximate surface area is 186 Å². The molecule has 0 radical (unpaired) electrons. The minimum Gasteiger partial charge on any atom is -0.341 e. The van der Waals surface area contributed by atoms with Crippen molar-refractivity contribution in [3.05, 3.63) is 48.0 Å². The standard InChI is InChI=1S/C22H25N3O4S2/c1-14(2)15-5-7-16(8-6-15)24-31(28,29)17-9-10-19-18(13-17)23-21(26)20(30-19)22(27)25-11-3-4-12-25/h5-10,13-14,20,24H,3-4,11-12H2,1-2H3,(H,23,26)/t20-/m0/s1. The Kier molecular flexibility index (Phi) is 5.98. The topological polar surface area (TPSA) is 95.6 Å². The van der Waals surface area contributed by atoms with Crippen molar-refractivity contribution in [1.82, 2.24) is 4.90 Å². The molecule has 9 heteroatoms. The molecule has 2 N–H and O–H groups in total. The highest BCUT2D eigenvalue weighted by Gasteiger charge is 2.37. The Bertz CT molecular complexity index is 1110. The van der Waals surface area contributed by atoms with Crippen molar-refractivity contribution in [2.24, 2.45) is 0 Å². The summed E-state index contributed by atoms with van der Waals surface area (Å²) in [6.07, 6.45) is 1.91. The molecule has 164 valence electrons. The smallest absolute Gasteiger partial charge is 0.261 e. The van der Waals surface area contributed by atoms with Gasteiger partial charge >= 0.3 is 0 Å². The molecule has 1 saturated heterocycles. The first kappa shape index (κ1) is 21.7. The number of hydrogen-bond donors (Lipinski definition) is 2. The molecule has 7 nitrogen and oxygen atoms in total. The molecular weight excluding hydrogens is 434 g/mol. The van der Waals surface area contributed by atoms with E-state index in [4.69, 9.17) is 0 Å². The molecular formula is C22H25N3O4S2. The van der Waals surface area contributed by atoms with Gasteiger partial charge in [-0.2, -0.15) is 0 Å². The molecule has 0 bridgehead atoms. The average molecular weight is 460 g/mol. The van der Waals surface area contributed by atoms with E-state index >= 15 is 0 Å². The van der Waals surface area contributed by atoms with Crippen LogP contribution in [0.2, 0.25) is 0 Å². The number of benzene rings is 2. The van der Waals surface area contributed by atoms with Crippen LogP contribution in [-0.4, -0.2) is 43.5 Å². The van der Waals surface area contributed by atoms with E-state index in [-0.39, 0.29) is 10.8 Å². The molecule has 2 aliphatic rings. The third kappa shape index (κ3) is 4.57. The van der Waals surface area contributed by atoms with Crippen LogP contribution in [-0.2, 0) is 19.6 Å². The van der Waals surface area contributed by atoms with Gasteiger partial charge in [0.2, 0.25) is 11.8 Å². The fraction of sp³-hybridized carbons (Fsp3) is 0.364. The molecule has 2 aromatic carbocycles. The quantitative estimate of drug-likeness (QED) is 0.666. The minimum atomic E-state index is -3.83. The summed E-state index contributed by atoms with van der Waals surface area (Å²) in [5, 5.41) is 1.87. The second-order valence-electron chi connectivity index (χ2n) is 8.06. The van der Waals surface area contributed by atoms with Crippen molar-refractivity contribution in [3.63, 3.8) is 0 Å². The predicted octanol–water partition coefficient (Wildman–Crippen LogP) is 3.65. The highest BCUT2D eigenvalue weighted by Crippen LogP contribution is 2.38. The Hall–Kier alpha value is -2.52. The summed E-state index contributed by atoms with van der Waals surface area (Å²) in [5.41, 5.74) is 1.99. The van der Waals surface area contributed by atoms with Crippen molar-refractivity contribution in [3.8, 4) is 0 Å². The van der Waals surface area contributed by atoms with Gasteiger partial charge in [-0.1, -0.05) is 26.0 Å². The summed E-state index contributed by atoms with van der Waals surface area (Å²) in [6, 6.07) is 11.8. The molecule has 1 atom stereocenters. The normalized spacial score (nSPS) is 18.6. The molecule has 0 unspecified atom stereocenters. The first-order valence-electron chi connectivity index (χ1n) is 10.3. The molecule has 2 aliphatic heterocycles. The lowest BCUT2D eigenvalue weighted by atomic mass is 10.0. The van der Waals surface area contributed by atoms with Crippen molar-refractivity contribution in [1.29, 1.82) is 0 Å². The SMILES string of the molecule is CC(C)c1ccc(NS(=O)(=O)c2ccc3c(c2)NC(=O)[C@@H](C(=O)N2CCCC2)S3)cc1. The third-order valence-corrected chi connectivity index (χ3v) is 8.11. The van der Waals surface area contributed by atoms with Crippen molar-refractivity contribution in [2.75, 3.05) is 23.1 Å². The molecule has 0 aromatic heterocycles. The summed E-state index contributed by atoms with van der Waals surface area (Å²) in [5.74, 6) is -0.247. The van der Waals surface area contributed by atoms with Crippen molar-refractivity contribution >= 4 is 45.0 Å². The van der Waals surface area contributed by atoms with Gasteiger partial charge in [-0.25, -0.2) is 8.42 Å². The fourth-order valence-electron chi connectivity index (χ4n) is 3.67. The Morgan fingerprint density at radius 3 is 2.45 bits per heavy atom. The van der Waals surface area contributed by atoms with Gasteiger partial charge in [-0.3, -0.25) is 14.3 Å². The van der Waals surface area contributed by atoms with E-state index in [2.05, 4.69) is 23.9 Å². The first-order valence-corrected chi connectivity index (χ1v) is 12.6. The van der Waals surface area contributed by atoms with Crippen LogP contribution in [0.4, 0.5) is 11.4 Å². The number of carbonyl (C=O) groups excluding carboxylic acids is 2. The Balaban J connectivity index is 1.52. The zero-order valence-electron chi connectivity index (χ0n) is 17.4. The summed E-state index contributed by atoms with van der Waals surface area (Å²) < 4.78 is 28.3. The summed E-state index contributed by atoms with van der Waals surface area (Å²) in [6.45, 7) is 5.50. The lowest BCUT2D eigenvalue weighted by Crippen LogP contribution is -2.43. The monoisotopic (exact) mass is 459 g/mol. The molecule has 0 aliphatic carbocycles. The lowest BCUT2D eigenvalue weighted by Gasteiger charge is -2.27. The molecule has 2 heterocycles. The van der Waals surface area contributed by atoms with E-state index in [9.17, 15) is 18.0 Å². The lowest BCUT2D eigenvalue weighted by molar-refractivity contribution is -0.133. The van der Waals surface area contributed by atoms with E-state index in [1.54, 1.807) is 23.1 Å². The van der Waals surface area contributed by atoms with Gasteiger partial charge in [0.05, 0.1) is 10.6 Å². The molecule has 1 fully saturated rings. The largest absolute Gasteiger partial charge is 0.341 e. The van der Waals surface area contributed by atoms with Gasteiger partial charge in [0.25, 0.3) is 10.0 Å². The number of anilines is 2.